The number of piperidine rings is 1. The number of benzene rings is 2. The molecular formula is C24H26N4O5S2. The zero-order chi connectivity index (χ0) is 24.6. The van der Waals surface area contributed by atoms with E-state index in [1.807, 2.05) is 12.1 Å². The van der Waals surface area contributed by atoms with Crippen molar-refractivity contribution in [3.63, 3.8) is 0 Å². The molecule has 5 rings (SSSR count). The lowest BCUT2D eigenvalue weighted by Crippen LogP contribution is -2.39. The normalized spacial score (nSPS) is 18.1. The summed E-state index contributed by atoms with van der Waals surface area (Å²) in [5, 5.41) is 12.0. The van der Waals surface area contributed by atoms with Gasteiger partial charge in [-0.3, -0.25) is 4.79 Å². The van der Waals surface area contributed by atoms with E-state index in [9.17, 15) is 13.2 Å². The van der Waals surface area contributed by atoms with Crippen LogP contribution in [0.5, 0.6) is 11.5 Å². The fourth-order valence-electron chi connectivity index (χ4n) is 4.19. The Bertz CT molecular complexity index is 1340. The van der Waals surface area contributed by atoms with E-state index in [1.165, 1.54) is 15.6 Å². The molecule has 3 heterocycles. The van der Waals surface area contributed by atoms with E-state index in [2.05, 4.69) is 29.4 Å². The van der Waals surface area contributed by atoms with Crippen LogP contribution >= 0.6 is 11.3 Å². The number of ether oxygens (including phenoxy) is 2. The van der Waals surface area contributed by atoms with Crippen LogP contribution in [-0.2, 0) is 10.0 Å². The minimum atomic E-state index is -3.61. The second-order valence-corrected chi connectivity index (χ2v) is 11.8. The fourth-order valence-corrected chi connectivity index (χ4v) is 6.57. The average molecular weight is 515 g/mol. The van der Waals surface area contributed by atoms with Gasteiger partial charge in [0.15, 0.2) is 11.5 Å². The van der Waals surface area contributed by atoms with Crippen molar-refractivity contribution in [2.45, 2.75) is 43.4 Å². The minimum absolute atomic E-state index is 0.113. The Balaban J connectivity index is 1.27. The lowest BCUT2D eigenvalue weighted by Gasteiger charge is -2.30. The smallest absolute Gasteiger partial charge is 0.286 e. The summed E-state index contributed by atoms with van der Waals surface area (Å²) < 4.78 is 38.6. The van der Waals surface area contributed by atoms with Gasteiger partial charge in [-0.25, -0.2) is 8.42 Å². The van der Waals surface area contributed by atoms with Gasteiger partial charge in [-0.1, -0.05) is 37.3 Å². The van der Waals surface area contributed by atoms with Gasteiger partial charge in [-0.15, -0.1) is 10.2 Å². The largest absolute Gasteiger partial charge is 0.454 e. The predicted molar refractivity (Wildman–Crippen MR) is 132 cm³/mol. The summed E-state index contributed by atoms with van der Waals surface area (Å²) in [5.74, 6) is 1.05. The number of anilines is 1. The van der Waals surface area contributed by atoms with E-state index in [0.717, 1.165) is 12.0 Å². The van der Waals surface area contributed by atoms with Crippen molar-refractivity contribution < 1.29 is 22.7 Å². The number of hydrogen-bond acceptors (Lipinski definition) is 8. The van der Waals surface area contributed by atoms with Gasteiger partial charge in [-0.05, 0) is 48.6 Å². The molecule has 35 heavy (non-hydrogen) atoms. The highest BCUT2D eigenvalue weighted by atomic mass is 32.2. The standard InChI is InChI=1S/C24H26N4O5S2/c1-15(2)16-5-8-19(9-6-16)35(30,31)28-11-3-4-17(13-28)23-26-27-24(34-23)22(29)25-18-7-10-20-21(12-18)33-14-32-20/h5-10,12,15,17H,3-4,11,13-14H2,1-2H3,(H,25,29)/t17-/m0/s1. The fraction of sp³-hybridized carbons (Fsp3) is 0.375. The summed E-state index contributed by atoms with van der Waals surface area (Å²) in [6, 6.07) is 12.3. The third kappa shape index (κ3) is 4.89. The second-order valence-electron chi connectivity index (χ2n) is 8.89. The van der Waals surface area contributed by atoms with E-state index in [0.29, 0.717) is 52.5 Å². The van der Waals surface area contributed by atoms with Crippen LogP contribution in [0.1, 0.15) is 58.9 Å². The van der Waals surface area contributed by atoms with Gasteiger partial charge < -0.3 is 14.8 Å². The van der Waals surface area contributed by atoms with Gasteiger partial charge in [-0.2, -0.15) is 4.31 Å². The SMILES string of the molecule is CC(C)c1ccc(S(=O)(=O)N2CCC[C@H](c3nnc(C(=O)Nc4ccc5c(c4)OCO5)s3)C2)cc1. The Labute approximate surface area is 208 Å². The van der Waals surface area contributed by atoms with E-state index in [1.54, 1.807) is 30.3 Å². The zero-order valence-electron chi connectivity index (χ0n) is 19.4. The number of nitrogens with zero attached hydrogens (tertiary/aromatic N) is 3. The van der Waals surface area contributed by atoms with Gasteiger partial charge in [0.05, 0.1) is 4.90 Å². The Morgan fingerprint density at radius 3 is 2.66 bits per heavy atom. The van der Waals surface area contributed by atoms with Crippen molar-refractivity contribution in [1.29, 1.82) is 0 Å². The maximum absolute atomic E-state index is 13.3. The summed E-state index contributed by atoms with van der Waals surface area (Å²) in [4.78, 5) is 13.0. The lowest BCUT2D eigenvalue weighted by molar-refractivity contribution is 0.102. The number of hydrogen-bond donors (Lipinski definition) is 1. The van der Waals surface area contributed by atoms with Crippen LogP contribution in [0, 0.1) is 0 Å². The lowest BCUT2D eigenvalue weighted by atomic mass is 10.0. The number of nitrogens with one attached hydrogen (secondary N) is 1. The molecule has 1 aromatic heterocycles. The van der Waals surface area contributed by atoms with Gasteiger partial charge in [0.2, 0.25) is 21.8 Å². The molecule has 1 fully saturated rings. The molecule has 0 aliphatic carbocycles. The first kappa shape index (κ1) is 23.7. The predicted octanol–water partition coefficient (Wildman–Crippen LogP) is 4.21. The van der Waals surface area contributed by atoms with Crippen LogP contribution in [0.15, 0.2) is 47.4 Å². The highest BCUT2D eigenvalue weighted by Crippen LogP contribution is 2.35. The molecule has 184 valence electrons. The number of rotatable bonds is 6. The molecule has 0 unspecified atom stereocenters. The third-order valence-electron chi connectivity index (χ3n) is 6.18. The molecule has 0 spiro atoms. The van der Waals surface area contributed by atoms with E-state index in [-0.39, 0.29) is 23.6 Å². The Kier molecular flexibility index (Phi) is 6.47. The quantitative estimate of drug-likeness (QED) is 0.525. The van der Waals surface area contributed by atoms with Crippen LogP contribution in [-0.4, -0.2) is 48.7 Å². The highest BCUT2D eigenvalue weighted by Gasteiger charge is 2.33. The summed E-state index contributed by atoms with van der Waals surface area (Å²) in [6.07, 6.45) is 1.50. The first-order valence-corrected chi connectivity index (χ1v) is 13.7. The Hall–Kier alpha value is -3.02. The molecule has 9 nitrogen and oxygen atoms in total. The summed E-state index contributed by atoms with van der Waals surface area (Å²) in [7, 11) is -3.61. The number of aromatic nitrogens is 2. The maximum Gasteiger partial charge on any atom is 0.286 e. The first-order chi connectivity index (χ1) is 16.8. The van der Waals surface area contributed by atoms with Crippen molar-refractivity contribution in [2.24, 2.45) is 0 Å². The number of carbonyl (C=O) groups excluding carboxylic acids is 1. The number of fused-ring (bicyclic) bond motifs is 1. The second kappa shape index (κ2) is 9.56. The van der Waals surface area contributed by atoms with Crippen LogP contribution in [0.3, 0.4) is 0 Å². The molecular weight excluding hydrogens is 488 g/mol. The average Bonchev–Trinajstić information content (AvgIpc) is 3.54. The van der Waals surface area contributed by atoms with Crippen LogP contribution in [0.4, 0.5) is 5.69 Å². The van der Waals surface area contributed by atoms with Crippen molar-refractivity contribution in [2.75, 3.05) is 25.2 Å². The van der Waals surface area contributed by atoms with Gasteiger partial charge in [0, 0.05) is 30.8 Å². The Morgan fingerprint density at radius 2 is 1.89 bits per heavy atom. The van der Waals surface area contributed by atoms with Gasteiger partial charge in [0.1, 0.15) is 5.01 Å². The molecule has 0 radical (unpaired) electrons. The zero-order valence-corrected chi connectivity index (χ0v) is 21.1. The van der Waals surface area contributed by atoms with Crippen LogP contribution < -0.4 is 14.8 Å². The van der Waals surface area contributed by atoms with E-state index in [4.69, 9.17) is 9.47 Å². The molecule has 1 amide bonds. The molecule has 2 aromatic carbocycles. The monoisotopic (exact) mass is 514 g/mol. The van der Waals surface area contributed by atoms with Crippen molar-refractivity contribution >= 4 is 33.0 Å². The molecule has 1 N–H and O–H groups in total. The molecule has 2 aliphatic heterocycles. The third-order valence-corrected chi connectivity index (χ3v) is 9.15. The molecule has 0 bridgehead atoms. The molecule has 2 aliphatic rings. The molecule has 0 saturated carbocycles. The number of amides is 1. The van der Waals surface area contributed by atoms with Gasteiger partial charge >= 0.3 is 0 Å². The van der Waals surface area contributed by atoms with E-state index >= 15 is 0 Å². The van der Waals surface area contributed by atoms with Crippen molar-refractivity contribution in [1.82, 2.24) is 14.5 Å². The highest BCUT2D eigenvalue weighted by molar-refractivity contribution is 7.89. The maximum atomic E-state index is 13.3. The Morgan fingerprint density at radius 1 is 1.11 bits per heavy atom. The molecule has 3 aromatic rings. The van der Waals surface area contributed by atoms with Crippen molar-refractivity contribution in [3.8, 4) is 11.5 Å². The number of carbonyl (C=O) groups is 1. The molecule has 11 heteroatoms. The molecule has 1 saturated heterocycles. The topological polar surface area (TPSA) is 111 Å². The van der Waals surface area contributed by atoms with E-state index < -0.39 is 10.0 Å². The molecule has 1 atom stereocenters. The van der Waals surface area contributed by atoms with Crippen LogP contribution in [0.25, 0.3) is 0 Å². The summed E-state index contributed by atoms with van der Waals surface area (Å²) in [5.41, 5.74) is 1.66. The summed E-state index contributed by atoms with van der Waals surface area (Å²) >= 11 is 1.19. The number of sulfonamides is 1. The van der Waals surface area contributed by atoms with Crippen LogP contribution in [0.2, 0.25) is 0 Å². The minimum Gasteiger partial charge on any atom is -0.454 e. The van der Waals surface area contributed by atoms with Crippen molar-refractivity contribution in [3.05, 3.63) is 58.0 Å². The summed E-state index contributed by atoms with van der Waals surface area (Å²) in [6.45, 7) is 5.08. The first-order valence-electron chi connectivity index (χ1n) is 11.5. The van der Waals surface area contributed by atoms with Gasteiger partial charge in [0.25, 0.3) is 5.91 Å².